The van der Waals surface area contributed by atoms with Gasteiger partial charge in [0.05, 0.1) is 27.0 Å². The van der Waals surface area contributed by atoms with E-state index in [9.17, 15) is 4.79 Å². The fourth-order valence-corrected chi connectivity index (χ4v) is 3.27. The molecule has 0 unspecified atom stereocenters. The first-order valence-electron chi connectivity index (χ1n) is 10.1. The zero-order valence-corrected chi connectivity index (χ0v) is 18.1. The largest absolute Gasteiger partial charge is 0.493 e. The molecular weight excluding hydrogens is 410 g/mol. The van der Waals surface area contributed by atoms with E-state index in [1.54, 1.807) is 51.7 Å². The number of anilines is 3. The van der Waals surface area contributed by atoms with E-state index < -0.39 is 0 Å². The number of aromatic nitrogens is 2. The SMILES string of the molecule is COc1cc(Nc2cc(-c3ccc(C(=O)NC4CC4)cc3)nc(N)n2)cc(OC)c1OC. The van der Waals surface area contributed by atoms with Crippen LogP contribution in [0, 0.1) is 0 Å². The van der Waals surface area contributed by atoms with Gasteiger partial charge in [0.1, 0.15) is 5.82 Å². The van der Waals surface area contributed by atoms with Crippen LogP contribution >= 0.6 is 0 Å². The van der Waals surface area contributed by atoms with Crippen LogP contribution in [0.4, 0.5) is 17.5 Å². The summed E-state index contributed by atoms with van der Waals surface area (Å²) >= 11 is 0. The first-order chi connectivity index (χ1) is 15.5. The van der Waals surface area contributed by atoms with Gasteiger partial charge in [0, 0.05) is 41.1 Å². The highest BCUT2D eigenvalue weighted by Gasteiger charge is 2.23. The minimum atomic E-state index is -0.0639. The smallest absolute Gasteiger partial charge is 0.251 e. The number of methoxy groups -OCH3 is 3. The number of nitrogen functional groups attached to an aromatic ring is 1. The van der Waals surface area contributed by atoms with Crippen molar-refractivity contribution in [2.45, 2.75) is 18.9 Å². The molecule has 1 aliphatic carbocycles. The highest BCUT2D eigenvalue weighted by Crippen LogP contribution is 2.40. The highest BCUT2D eigenvalue weighted by atomic mass is 16.5. The monoisotopic (exact) mass is 435 g/mol. The van der Waals surface area contributed by atoms with Crippen molar-refractivity contribution in [1.29, 1.82) is 0 Å². The van der Waals surface area contributed by atoms with Gasteiger partial charge < -0.3 is 30.6 Å². The Balaban J connectivity index is 1.58. The van der Waals surface area contributed by atoms with Gasteiger partial charge in [-0.3, -0.25) is 4.79 Å². The van der Waals surface area contributed by atoms with Gasteiger partial charge >= 0.3 is 0 Å². The third kappa shape index (κ3) is 4.66. The summed E-state index contributed by atoms with van der Waals surface area (Å²) in [5.41, 5.74) is 8.68. The van der Waals surface area contributed by atoms with E-state index in [0.29, 0.717) is 46.1 Å². The molecule has 1 saturated carbocycles. The Hall–Kier alpha value is -4.01. The number of benzene rings is 2. The Morgan fingerprint density at radius 3 is 2.19 bits per heavy atom. The molecule has 0 bridgehead atoms. The molecule has 1 fully saturated rings. The van der Waals surface area contributed by atoms with Gasteiger partial charge in [-0.1, -0.05) is 12.1 Å². The van der Waals surface area contributed by atoms with Crippen molar-refractivity contribution in [3.05, 3.63) is 48.0 Å². The number of nitrogens with two attached hydrogens (primary N) is 1. The third-order valence-electron chi connectivity index (χ3n) is 5.04. The molecular formula is C23H25N5O4. The molecule has 4 N–H and O–H groups in total. The topological polar surface area (TPSA) is 121 Å². The Bertz CT molecular complexity index is 1100. The van der Waals surface area contributed by atoms with Gasteiger partial charge in [-0.15, -0.1) is 0 Å². The Kier molecular flexibility index (Phi) is 5.98. The van der Waals surface area contributed by atoms with Crippen molar-refractivity contribution in [3.8, 4) is 28.5 Å². The Labute approximate surface area is 185 Å². The zero-order chi connectivity index (χ0) is 22.7. The molecule has 0 aliphatic heterocycles. The number of carbonyl (C=O) groups excluding carboxylic acids is 1. The van der Waals surface area contributed by atoms with E-state index >= 15 is 0 Å². The lowest BCUT2D eigenvalue weighted by atomic mass is 10.1. The summed E-state index contributed by atoms with van der Waals surface area (Å²) in [4.78, 5) is 20.8. The van der Waals surface area contributed by atoms with Gasteiger partial charge in [-0.2, -0.15) is 4.98 Å². The Morgan fingerprint density at radius 1 is 0.969 bits per heavy atom. The number of hydrogen-bond donors (Lipinski definition) is 3. The molecule has 166 valence electrons. The average Bonchev–Trinajstić information content (AvgIpc) is 3.62. The number of ether oxygens (including phenoxy) is 3. The first kappa shape index (κ1) is 21.2. The fourth-order valence-electron chi connectivity index (χ4n) is 3.27. The van der Waals surface area contributed by atoms with Gasteiger partial charge in [0.15, 0.2) is 11.5 Å². The molecule has 0 spiro atoms. The van der Waals surface area contributed by atoms with Crippen molar-refractivity contribution in [3.63, 3.8) is 0 Å². The molecule has 1 aliphatic rings. The summed E-state index contributed by atoms with van der Waals surface area (Å²) in [6.45, 7) is 0. The van der Waals surface area contributed by atoms with Crippen LogP contribution in [-0.4, -0.2) is 43.2 Å². The van der Waals surface area contributed by atoms with E-state index in [4.69, 9.17) is 19.9 Å². The number of carbonyl (C=O) groups is 1. The third-order valence-corrected chi connectivity index (χ3v) is 5.04. The predicted octanol–water partition coefficient (Wildman–Crippen LogP) is 3.39. The minimum Gasteiger partial charge on any atom is -0.493 e. The molecule has 9 heteroatoms. The molecule has 0 atom stereocenters. The van der Waals surface area contributed by atoms with Gasteiger partial charge in [0.25, 0.3) is 5.91 Å². The Morgan fingerprint density at radius 2 is 1.62 bits per heavy atom. The van der Waals surface area contributed by atoms with Gasteiger partial charge in [-0.25, -0.2) is 4.98 Å². The standard InChI is InChI=1S/C23H25N5O4/c1-30-18-10-16(11-19(31-2)21(18)32-3)25-20-12-17(27-23(24)28-20)13-4-6-14(7-5-13)22(29)26-15-8-9-15/h4-7,10-12,15H,8-9H2,1-3H3,(H,26,29)(H3,24,25,27,28). The summed E-state index contributed by atoms with van der Waals surface area (Å²) in [5.74, 6) is 2.07. The molecule has 1 heterocycles. The summed E-state index contributed by atoms with van der Waals surface area (Å²) in [6, 6.07) is 12.9. The lowest BCUT2D eigenvalue weighted by molar-refractivity contribution is 0.0951. The minimum absolute atomic E-state index is 0.0639. The molecule has 1 aromatic heterocycles. The summed E-state index contributed by atoms with van der Waals surface area (Å²) in [6.07, 6.45) is 2.09. The van der Waals surface area contributed by atoms with E-state index in [-0.39, 0.29) is 11.9 Å². The molecule has 4 rings (SSSR count). The molecule has 0 radical (unpaired) electrons. The van der Waals surface area contributed by atoms with Crippen LogP contribution in [0.5, 0.6) is 17.2 Å². The second-order valence-corrected chi connectivity index (χ2v) is 7.36. The first-order valence-corrected chi connectivity index (χ1v) is 10.1. The molecule has 32 heavy (non-hydrogen) atoms. The fraction of sp³-hybridized carbons (Fsp3) is 0.261. The lowest BCUT2D eigenvalue weighted by Gasteiger charge is -2.15. The summed E-state index contributed by atoms with van der Waals surface area (Å²) in [7, 11) is 4.65. The van der Waals surface area contributed by atoms with Crippen LogP contribution in [0.2, 0.25) is 0 Å². The summed E-state index contributed by atoms with van der Waals surface area (Å²) < 4.78 is 16.2. The maximum atomic E-state index is 12.2. The summed E-state index contributed by atoms with van der Waals surface area (Å²) in [5, 5.41) is 6.18. The van der Waals surface area contributed by atoms with Crippen molar-refractivity contribution < 1.29 is 19.0 Å². The number of hydrogen-bond acceptors (Lipinski definition) is 8. The molecule has 2 aromatic carbocycles. The van der Waals surface area contributed by atoms with Crippen LogP contribution in [0.15, 0.2) is 42.5 Å². The van der Waals surface area contributed by atoms with Crippen molar-refractivity contribution in [2.75, 3.05) is 32.4 Å². The van der Waals surface area contributed by atoms with Gasteiger partial charge in [0.2, 0.25) is 11.7 Å². The number of amides is 1. The predicted molar refractivity (Wildman–Crippen MR) is 122 cm³/mol. The van der Waals surface area contributed by atoms with E-state index in [2.05, 4.69) is 20.6 Å². The van der Waals surface area contributed by atoms with E-state index in [1.165, 1.54) is 0 Å². The second-order valence-electron chi connectivity index (χ2n) is 7.36. The number of nitrogens with one attached hydrogen (secondary N) is 2. The van der Waals surface area contributed by atoms with Crippen LogP contribution in [0.1, 0.15) is 23.2 Å². The van der Waals surface area contributed by atoms with Gasteiger partial charge in [-0.05, 0) is 25.0 Å². The number of rotatable bonds is 8. The molecule has 3 aromatic rings. The molecule has 1 amide bonds. The normalized spacial score (nSPS) is 12.7. The van der Waals surface area contributed by atoms with Crippen LogP contribution < -0.4 is 30.6 Å². The molecule has 9 nitrogen and oxygen atoms in total. The van der Waals surface area contributed by atoms with Crippen LogP contribution in [-0.2, 0) is 0 Å². The maximum Gasteiger partial charge on any atom is 0.251 e. The van der Waals surface area contributed by atoms with Crippen molar-refractivity contribution in [1.82, 2.24) is 15.3 Å². The lowest BCUT2D eigenvalue weighted by Crippen LogP contribution is -2.25. The van der Waals surface area contributed by atoms with E-state index in [1.807, 2.05) is 12.1 Å². The van der Waals surface area contributed by atoms with Crippen molar-refractivity contribution in [2.24, 2.45) is 0 Å². The zero-order valence-electron chi connectivity index (χ0n) is 18.1. The second kappa shape index (κ2) is 9.01. The quantitative estimate of drug-likeness (QED) is 0.492. The van der Waals surface area contributed by atoms with Crippen LogP contribution in [0.3, 0.4) is 0 Å². The number of nitrogens with zero attached hydrogens (tertiary/aromatic N) is 2. The van der Waals surface area contributed by atoms with Crippen molar-refractivity contribution >= 4 is 23.4 Å². The molecule has 0 saturated heterocycles. The van der Waals surface area contributed by atoms with E-state index in [0.717, 1.165) is 18.4 Å². The highest BCUT2D eigenvalue weighted by molar-refractivity contribution is 5.95. The maximum absolute atomic E-state index is 12.2. The van der Waals surface area contributed by atoms with Crippen LogP contribution in [0.25, 0.3) is 11.3 Å². The average molecular weight is 435 g/mol.